The van der Waals surface area contributed by atoms with E-state index >= 15 is 0 Å². The van der Waals surface area contributed by atoms with Crippen molar-refractivity contribution in [3.05, 3.63) is 29.3 Å². The molecule has 0 bridgehead atoms. The number of alkyl halides is 1. The van der Waals surface area contributed by atoms with E-state index in [1.54, 1.807) is 19.1 Å². The lowest BCUT2D eigenvalue weighted by Crippen LogP contribution is -2.41. The molecule has 0 aromatic heterocycles. The van der Waals surface area contributed by atoms with Crippen LogP contribution in [0.25, 0.3) is 0 Å². The Morgan fingerprint density at radius 3 is 2.70 bits per heavy atom. The first-order valence-electron chi connectivity index (χ1n) is 6.17. The molecule has 0 radical (unpaired) electrons. The number of Topliss-reactive ketones (excluding diaryl/α,β-unsaturated/α-hetero) is 1. The van der Waals surface area contributed by atoms with Crippen molar-refractivity contribution in [3.8, 4) is 0 Å². The molecular weight excluding hydrogens is 282 g/mol. The second-order valence-electron chi connectivity index (χ2n) is 4.62. The second-order valence-corrected chi connectivity index (χ2v) is 4.88. The number of hydrogen-bond acceptors (Lipinski definition) is 4. The molecule has 106 valence electrons. The molecule has 1 heterocycles. The molecule has 6 heteroatoms. The Morgan fingerprint density at radius 2 is 2.10 bits per heavy atom. The predicted octanol–water partition coefficient (Wildman–Crippen LogP) is 1.88. The summed E-state index contributed by atoms with van der Waals surface area (Å²) in [6.07, 6.45) is 0. The van der Waals surface area contributed by atoms with Crippen molar-refractivity contribution in [1.29, 1.82) is 0 Å². The summed E-state index contributed by atoms with van der Waals surface area (Å²) in [5.74, 6) is -1.51. The number of ether oxygens (including phenoxy) is 1. The van der Waals surface area contributed by atoms with Gasteiger partial charge in [-0.05, 0) is 32.0 Å². The third-order valence-electron chi connectivity index (χ3n) is 3.39. The molecule has 0 saturated heterocycles. The van der Waals surface area contributed by atoms with Crippen LogP contribution in [0.1, 0.15) is 29.8 Å². The standard InChI is InChI=1S/C14H14ClNO4/c1-3-20-13(19)14(2)9-6-8(11(17)7-15)4-5-10(9)16-12(14)18/h4-6H,3,7H2,1-2H3,(H,16,18). The Kier molecular flexibility index (Phi) is 3.81. The van der Waals surface area contributed by atoms with Gasteiger partial charge in [-0.1, -0.05) is 0 Å². The van der Waals surface area contributed by atoms with E-state index in [1.165, 1.54) is 13.0 Å². The van der Waals surface area contributed by atoms with Crippen LogP contribution in [0.2, 0.25) is 0 Å². The molecule has 5 nitrogen and oxygen atoms in total. The zero-order valence-corrected chi connectivity index (χ0v) is 11.9. The van der Waals surface area contributed by atoms with Gasteiger partial charge >= 0.3 is 5.97 Å². The molecule has 0 aliphatic carbocycles. The summed E-state index contributed by atoms with van der Waals surface area (Å²) in [4.78, 5) is 35.8. The number of esters is 1. The topological polar surface area (TPSA) is 72.5 Å². The maximum absolute atomic E-state index is 12.1. The Balaban J connectivity index is 2.52. The Bertz CT molecular complexity index is 599. The van der Waals surface area contributed by atoms with Crippen molar-refractivity contribution in [2.45, 2.75) is 19.3 Å². The molecule has 1 unspecified atom stereocenters. The van der Waals surface area contributed by atoms with Gasteiger partial charge in [-0.2, -0.15) is 0 Å². The molecular formula is C14H14ClNO4. The van der Waals surface area contributed by atoms with Crippen molar-refractivity contribution in [2.24, 2.45) is 0 Å². The van der Waals surface area contributed by atoms with E-state index in [4.69, 9.17) is 16.3 Å². The average Bonchev–Trinajstić information content (AvgIpc) is 2.70. The highest BCUT2D eigenvalue weighted by Crippen LogP contribution is 2.39. The maximum atomic E-state index is 12.1. The number of amides is 1. The number of benzene rings is 1. The smallest absolute Gasteiger partial charge is 0.326 e. The van der Waals surface area contributed by atoms with Crippen LogP contribution in [-0.4, -0.2) is 30.1 Å². The molecule has 1 aliphatic heterocycles. The number of hydrogen-bond donors (Lipinski definition) is 1. The number of halogens is 1. The lowest BCUT2D eigenvalue weighted by atomic mass is 9.83. The summed E-state index contributed by atoms with van der Waals surface area (Å²) in [6.45, 7) is 3.33. The summed E-state index contributed by atoms with van der Waals surface area (Å²) >= 11 is 5.53. The molecule has 0 spiro atoms. The molecule has 1 atom stereocenters. The zero-order valence-electron chi connectivity index (χ0n) is 11.2. The maximum Gasteiger partial charge on any atom is 0.326 e. The first-order valence-corrected chi connectivity index (χ1v) is 6.71. The van der Waals surface area contributed by atoms with E-state index in [9.17, 15) is 14.4 Å². The summed E-state index contributed by atoms with van der Waals surface area (Å²) in [5.41, 5.74) is -0.118. The fourth-order valence-electron chi connectivity index (χ4n) is 2.17. The molecule has 0 fully saturated rings. The van der Waals surface area contributed by atoms with Crippen LogP contribution in [0.5, 0.6) is 0 Å². The van der Waals surface area contributed by atoms with Crippen LogP contribution in [0.4, 0.5) is 5.69 Å². The average molecular weight is 296 g/mol. The van der Waals surface area contributed by atoms with Gasteiger partial charge in [-0.15, -0.1) is 11.6 Å². The molecule has 20 heavy (non-hydrogen) atoms. The fraction of sp³-hybridized carbons (Fsp3) is 0.357. The lowest BCUT2D eigenvalue weighted by molar-refractivity contribution is -0.152. The monoisotopic (exact) mass is 295 g/mol. The van der Waals surface area contributed by atoms with Crippen molar-refractivity contribution >= 4 is 34.9 Å². The number of carbonyl (C=O) groups excluding carboxylic acids is 3. The van der Waals surface area contributed by atoms with Crippen molar-refractivity contribution in [3.63, 3.8) is 0 Å². The summed E-state index contributed by atoms with van der Waals surface area (Å²) in [6, 6.07) is 4.69. The first-order chi connectivity index (χ1) is 9.44. The highest BCUT2D eigenvalue weighted by Gasteiger charge is 2.50. The van der Waals surface area contributed by atoms with Crippen molar-refractivity contribution in [2.75, 3.05) is 17.8 Å². The van der Waals surface area contributed by atoms with Crippen LogP contribution in [0.15, 0.2) is 18.2 Å². The van der Waals surface area contributed by atoms with Gasteiger partial charge in [0.2, 0.25) is 5.91 Å². The summed E-state index contributed by atoms with van der Waals surface area (Å²) in [5, 5.41) is 2.63. The zero-order chi connectivity index (χ0) is 14.9. The number of ketones is 1. The number of anilines is 1. The Hall–Kier alpha value is -1.88. The lowest BCUT2D eigenvalue weighted by Gasteiger charge is -2.20. The molecule has 2 rings (SSSR count). The first kappa shape index (κ1) is 14.5. The van der Waals surface area contributed by atoms with E-state index in [-0.39, 0.29) is 18.3 Å². The molecule has 1 aromatic rings. The Morgan fingerprint density at radius 1 is 1.40 bits per heavy atom. The minimum absolute atomic E-state index is 0.156. The van der Waals surface area contributed by atoms with Gasteiger partial charge in [0.15, 0.2) is 11.2 Å². The normalized spacial score (nSPS) is 20.2. The van der Waals surface area contributed by atoms with E-state index < -0.39 is 17.3 Å². The molecule has 1 aromatic carbocycles. The van der Waals surface area contributed by atoms with E-state index in [0.29, 0.717) is 16.8 Å². The van der Waals surface area contributed by atoms with Gasteiger partial charge in [-0.3, -0.25) is 14.4 Å². The number of nitrogens with one attached hydrogen (secondary N) is 1. The van der Waals surface area contributed by atoms with Crippen LogP contribution < -0.4 is 5.32 Å². The molecule has 0 saturated carbocycles. The molecule has 1 N–H and O–H groups in total. The summed E-state index contributed by atoms with van der Waals surface area (Å²) in [7, 11) is 0. The van der Waals surface area contributed by atoms with Gasteiger partial charge < -0.3 is 10.1 Å². The fourth-order valence-corrected chi connectivity index (χ4v) is 2.32. The highest BCUT2D eigenvalue weighted by atomic mass is 35.5. The van der Waals surface area contributed by atoms with Crippen LogP contribution in [0.3, 0.4) is 0 Å². The van der Waals surface area contributed by atoms with Gasteiger partial charge in [0.25, 0.3) is 0 Å². The van der Waals surface area contributed by atoms with Gasteiger partial charge in [0, 0.05) is 16.8 Å². The predicted molar refractivity (Wildman–Crippen MR) is 74.1 cm³/mol. The van der Waals surface area contributed by atoms with Crippen LogP contribution >= 0.6 is 11.6 Å². The third-order valence-corrected chi connectivity index (χ3v) is 3.63. The second kappa shape index (κ2) is 5.25. The van der Waals surface area contributed by atoms with Crippen molar-refractivity contribution in [1.82, 2.24) is 0 Å². The number of fused-ring (bicyclic) bond motifs is 1. The van der Waals surface area contributed by atoms with Gasteiger partial charge in [0.1, 0.15) is 0 Å². The minimum atomic E-state index is -1.44. The largest absolute Gasteiger partial charge is 0.465 e. The third kappa shape index (κ3) is 2.08. The summed E-state index contributed by atoms with van der Waals surface area (Å²) < 4.78 is 4.97. The van der Waals surface area contributed by atoms with E-state index in [2.05, 4.69) is 5.32 Å². The van der Waals surface area contributed by atoms with Crippen LogP contribution in [0, 0.1) is 0 Å². The van der Waals surface area contributed by atoms with Crippen LogP contribution in [-0.2, 0) is 19.7 Å². The molecule has 1 aliphatic rings. The SMILES string of the molecule is CCOC(=O)C1(C)C(=O)Nc2ccc(C(=O)CCl)cc21. The molecule has 1 amide bonds. The van der Waals surface area contributed by atoms with E-state index in [1.807, 2.05) is 0 Å². The van der Waals surface area contributed by atoms with E-state index in [0.717, 1.165) is 0 Å². The number of carbonyl (C=O) groups is 3. The van der Waals surface area contributed by atoms with Gasteiger partial charge in [0.05, 0.1) is 12.5 Å². The highest BCUT2D eigenvalue weighted by molar-refractivity contribution is 6.30. The number of rotatable bonds is 4. The quantitative estimate of drug-likeness (QED) is 0.398. The minimum Gasteiger partial charge on any atom is -0.465 e. The Labute approximate surface area is 121 Å². The van der Waals surface area contributed by atoms with Crippen molar-refractivity contribution < 1.29 is 19.1 Å². The van der Waals surface area contributed by atoms with Gasteiger partial charge in [-0.25, -0.2) is 0 Å².